The lowest BCUT2D eigenvalue weighted by Crippen LogP contribution is -2.23. The predicted molar refractivity (Wildman–Crippen MR) is 82.1 cm³/mol. The fraction of sp³-hybridized carbons (Fsp3) is 0.143. The number of nitro groups is 1. The summed E-state index contributed by atoms with van der Waals surface area (Å²) in [4.78, 5) is 27.7. The molecule has 22 heavy (non-hydrogen) atoms. The molecule has 7 nitrogen and oxygen atoms in total. The molecule has 0 spiro atoms. The molecule has 2 heterocycles. The molecule has 3 aromatic rings. The number of hydrogen-bond acceptors (Lipinski definition) is 5. The van der Waals surface area contributed by atoms with Crippen LogP contribution < -0.4 is 5.32 Å². The highest BCUT2D eigenvalue weighted by atomic mass is 32.1. The van der Waals surface area contributed by atoms with Gasteiger partial charge in [-0.05, 0) is 13.0 Å². The summed E-state index contributed by atoms with van der Waals surface area (Å²) >= 11 is 1.51. The Labute approximate surface area is 129 Å². The van der Waals surface area contributed by atoms with Crippen molar-refractivity contribution in [2.45, 2.75) is 13.5 Å². The number of hydrogen-bond donors (Lipinski definition) is 1. The second kappa shape index (κ2) is 5.57. The minimum Gasteiger partial charge on any atom is -0.346 e. The maximum absolute atomic E-state index is 12.1. The number of aryl methyl sites for hydroxylation is 1. The smallest absolute Gasteiger partial charge is 0.273 e. The Hall–Kier alpha value is -2.74. The molecular formula is C14H12N4O3S. The normalized spacial score (nSPS) is 10.8. The number of nitrogens with zero attached hydrogens (tertiary/aromatic N) is 3. The van der Waals surface area contributed by atoms with Gasteiger partial charge in [0, 0.05) is 35.0 Å². The first kappa shape index (κ1) is 14.2. The van der Waals surface area contributed by atoms with Gasteiger partial charge in [-0.15, -0.1) is 11.3 Å². The van der Waals surface area contributed by atoms with Crippen LogP contribution in [0.2, 0.25) is 0 Å². The summed E-state index contributed by atoms with van der Waals surface area (Å²) in [6.45, 7) is 1.91. The number of amides is 1. The highest BCUT2D eigenvalue weighted by Crippen LogP contribution is 2.19. The summed E-state index contributed by atoms with van der Waals surface area (Å²) in [6, 6.07) is 4.43. The van der Waals surface area contributed by atoms with Crippen LogP contribution in [0.4, 0.5) is 5.69 Å². The van der Waals surface area contributed by atoms with E-state index < -0.39 is 4.92 Å². The largest absolute Gasteiger partial charge is 0.346 e. The Balaban J connectivity index is 1.73. The Bertz CT molecular complexity index is 839. The average molecular weight is 316 g/mol. The maximum atomic E-state index is 12.1. The van der Waals surface area contributed by atoms with Crippen LogP contribution in [-0.4, -0.2) is 20.2 Å². The van der Waals surface area contributed by atoms with E-state index in [1.807, 2.05) is 22.2 Å². The van der Waals surface area contributed by atoms with Gasteiger partial charge in [-0.2, -0.15) is 0 Å². The molecule has 8 heteroatoms. The summed E-state index contributed by atoms with van der Waals surface area (Å²) in [7, 11) is 0. The molecule has 0 aliphatic carbocycles. The van der Waals surface area contributed by atoms with Crippen molar-refractivity contribution in [3.63, 3.8) is 0 Å². The molecule has 0 unspecified atom stereocenters. The monoisotopic (exact) mass is 316 g/mol. The van der Waals surface area contributed by atoms with E-state index in [1.165, 1.54) is 17.4 Å². The first-order valence-electron chi connectivity index (χ1n) is 6.49. The zero-order valence-electron chi connectivity index (χ0n) is 11.6. The molecule has 0 bridgehead atoms. The zero-order chi connectivity index (χ0) is 15.7. The highest BCUT2D eigenvalue weighted by Gasteiger charge is 2.15. The fourth-order valence-corrected chi connectivity index (χ4v) is 2.80. The van der Waals surface area contributed by atoms with Crippen LogP contribution in [0.3, 0.4) is 0 Å². The molecule has 1 amide bonds. The van der Waals surface area contributed by atoms with Gasteiger partial charge in [0.1, 0.15) is 0 Å². The molecule has 0 saturated carbocycles. The van der Waals surface area contributed by atoms with Gasteiger partial charge in [-0.25, -0.2) is 4.98 Å². The zero-order valence-corrected chi connectivity index (χ0v) is 12.5. The van der Waals surface area contributed by atoms with E-state index in [0.29, 0.717) is 5.56 Å². The van der Waals surface area contributed by atoms with Gasteiger partial charge in [0.25, 0.3) is 11.6 Å². The van der Waals surface area contributed by atoms with Crippen molar-refractivity contribution in [1.82, 2.24) is 14.7 Å². The molecule has 0 fully saturated rings. The van der Waals surface area contributed by atoms with Crippen molar-refractivity contribution in [2.24, 2.45) is 0 Å². The van der Waals surface area contributed by atoms with Gasteiger partial charge < -0.3 is 5.32 Å². The molecular weight excluding hydrogens is 304 g/mol. The first-order chi connectivity index (χ1) is 10.5. The topological polar surface area (TPSA) is 89.5 Å². The SMILES string of the molecule is Cc1ccc(C(=O)NCc2cn3ccsc3n2)cc1[N+](=O)[O-]. The van der Waals surface area contributed by atoms with Crippen LogP contribution in [0, 0.1) is 17.0 Å². The van der Waals surface area contributed by atoms with Gasteiger partial charge in [0.15, 0.2) is 4.96 Å². The Morgan fingerprint density at radius 3 is 3.05 bits per heavy atom. The third-order valence-electron chi connectivity index (χ3n) is 3.24. The van der Waals surface area contributed by atoms with E-state index in [0.717, 1.165) is 10.7 Å². The lowest BCUT2D eigenvalue weighted by Gasteiger charge is -2.04. The van der Waals surface area contributed by atoms with Crippen molar-refractivity contribution in [3.8, 4) is 0 Å². The Morgan fingerprint density at radius 1 is 1.50 bits per heavy atom. The van der Waals surface area contributed by atoms with Gasteiger partial charge >= 0.3 is 0 Å². The van der Waals surface area contributed by atoms with Gasteiger partial charge in [-0.3, -0.25) is 19.3 Å². The molecule has 1 aromatic carbocycles. The third-order valence-corrected chi connectivity index (χ3v) is 4.01. The number of benzene rings is 1. The van der Waals surface area contributed by atoms with Gasteiger partial charge in [0.2, 0.25) is 0 Å². The molecule has 1 N–H and O–H groups in total. The Morgan fingerprint density at radius 2 is 2.32 bits per heavy atom. The van der Waals surface area contributed by atoms with Crippen LogP contribution in [0.25, 0.3) is 4.96 Å². The van der Waals surface area contributed by atoms with Crippen molar-refractivity contribution in [1.29, 1.82) is 0 Å². The molecule has 2 aromatic heterocycles. The van der Waals surface area contributed by atoms with E-state index in [2.05, 4.69) is 10.3 Å². The quantitative estimate of drug-likeness (QED) is 0.591. The van der Waals surface area contributed by atoms with Crippen LogP contribution >= 0.6 is 11.3 Å². The summed E-state index contributed by atoms with van der Waals surface area (Å²) in [5.41, 5.74) is 1.46. The minimum atomic E-state index is -0.490. The van der Waals surface area contributed by atoms with E-state index in [1.54, 1.807) is 19.1 Å². The van der Waals surface area contributed by atoms with Crippen molar-refractivity contribution in [3.05, 3.63) is 62.9 Å². The van der Waals surface area contributed by atoms with E-state index >= 15 is 0 Å². The molecule has 0 saturated heterocycles. The summed E-state index contributed by atoms with van der Waals surface area (Å²) in [5.74, 6) is -0.362. The summed E-state index contributed by atoms with van der Waals surface area (Å²) in [6.07, 6.45) is 3.73. The molecule has 0 atom stereocenters. The van der Waals surface area contributed by atoms with Crippen molar-refractivity contribution >= 4 is 27.9 Å². The number of imidazole rings is 1. The predicted octanol–water partition coefficient (Wildman–Crippen LogP) is 2.54. The molecule has 112 valence electrons. The summed E-state index contributed by atoms with van der Waals surface area (Å²) < 4.78 is 1.88. The third kappa shape index (κ3) is 2.68. The van der Waals surface area contributed by atoms with Crippen LogP contribution in [0.15, 0.2) is 36.0 Å². The number of thiazole rings is 1. The standard InChI is InChI=1S/C14H12N4O3S/c1-9-2-3-10(6-12(9)18(20)21)13(19)15-7-11-8-17-4-5-22-14(17)16-11/h2-6,8H,7H2,1H3,(H,15,19). The summed E-state index contributed by atoms with van der Waals surface area (Å²) in [5, 5.41) is 15.6. The van der Waals surface area contributed by atoms with E-state index in [9.17, 15) is 14.9 Å². The molecule has 0 aliphatic rings. The molecule has 3 rings (SSSR count). The highest BCUT2D eigenvalue weighted by molar-refractivity contribution is 7.15. The number of fused-ring (bicyclic) bond motifs is 1. The number of rotatable bonds is 4. The Kier molecular flexibility index (Phi) is 3.60. The van der Waals surface area contributed by atoms with Gasteiger partial charge in [-0.1, -0.05) is 6.07 Å². The molecule has 0 aliphatic heterocycles. The minimum absolute atomic E-state index is 0.0600. The number of nitro benzene ring substituents is 1. The number of carbonyl (C=O) groups excluding carboxylic acids is 1. The number of aromatic nitrogens is 2. The number of carbonyl (C=O) groups is 1. The van der Waals surface area contributed by atoms with Gasteiger partial charge in [0.05, 0.1) is 17.2 Å². The second-order valence-electron chi connectivity index (χ2n) is 4.77. The average Bonchev–Trinajstić information content (AvgIpc) is 3.05. The lowest BCUT2D eigenvalue weighted by atomic mass is 10.1. The first-order valence-corrected chi connectivity index (χ1v) is 7.37. The van der Waals surface area contributed by atoms with E-state index in [4.69, 9.17) is 0 Å². The second-order valence-corrected chi connectivity index (χ2v) is 5.64. The van der Waals surface area contributed by atoms with Crippen molar-refractivity contribution in [2.75, 3.05) is 0 Å². The fourth-order valence-electron chi connectivity index (χ4n) is 2.08. The van der Waals surface area contributed by atoms with Crippen LogP contribution in [-0.2, 0) is 6.54 Å². The van der Waals surface area contributed by atoms with E-state index in [-0.39, 0.29) is 23.7 Å². The molecule has 0 radical (unpaired) electrons. The van der Waals surface area contributed by atoms with Crippen LogP contribution in [0.1, 0.15) is 21.6 Å². The van der Waals surface area contributed by atoms with Crippen molar-refractivity contribution < 1.29 is 9.72 Å². The maximum Gasteiger partial charge on any atom is 0.273 e. The lowest BCUT2D eigenvalue weighted by molar-refractivity contribution is -0.385. The number of nitrogens with one attached hydrogen (secondary N) is 1. The van der Waals surface area contributed by atoms with Crippen LogP contribution in [0.5, 0.6) is 0 Å².